The number of anilines is 1. The van der Waals surface area contributed by atoms with Crippen molar-refractivity contribution in [3.05, 3.63) is 21.6 Å². The summed E-state index contributed by atoms with van der Waals surface area (Å²) in [7, 11) is 0. The topological polar surface area (TPSA) is 67.8 Å². The molecule has 2 aromatic rings. The minimum Gasteiger partial charge on any atom is -0.444 e. The molecule has 0 saturated carbocycles. The Morgan fingerprint density at radius 3 is 2.50 bits per heavy atom. The van der Waals surface area contributed by atoms with Gasteiger partial charge in [0.05, 0.1) is 4.47 Å². The maximum atomic E-state index is 14.9. The zero-order valence-corrected chi connectivity index (χ0v) is 20.5. The molecular weight excluding hydrogens is 517 g/mol. The van der Waals surface area contributed by atoms with Crippen molar-refractivity contribution in [1.82, 2.24) is 14.9 Å². The molecule has 1 aliphatic heterocycles. The van der Waals surface area contributed by atoms with Gasteiger partial charge in [-0.2, -0.15) is 13.8 Å². The van der Waals surface area contributed by atoms with Gasteiger partial charge in [-0.1, -0.05) is 0 Å². The quantitative estimate of drug-likeness (QED) is 0.472. The van der Waals surface area contributed by atoms with E-state index < -0.39 is 24.1 Å². The first-order valence-corrected chi connectivity index (χ1v) is 11.0. The highest BCUT2D eigenvalue weighted by Gasteiger charge is 2.36. The maximum absolute atomic E-state index is 14.9. The lowest BCUT2D eigenvalue weighted by molar-refractivity contribution is -0.0504. The number of halogens is 5. The van der Waals surface area contributed by atoms with Crippen LogP contribution in [0.3, 0.4) is 0 Å². The molecule has 2 atom stereocenters. The Bertz CT molecular complexity index is 1040. The third-order valence-electron chi connectivity index (χ3n) is 4.89. The van der Waals surface area contributed by atoms with Crippen molar-refractivity contribution in [1.29, 1.82) is 0 Å². The number of aromatic nitrogens is 2. The lowest BCUT2D eigenvalue weighted by Gasteiger charge is -2.44. The average Bonchev–Trinajstić information content (AvgIpc) is 2.65. The second-order valence-electron chi connectivity index (χ2n) is 8.58. The van der Waals surface area contributed by atoms with Crippen LogP contribution < -0.4 is 9.64 Å². The van der Waals surface area contributed by atoms with Gasteiger partial charge < -0.3 is 19.3 Å². The predicted octanol–water partition coefficient (Wildman–Crippen LogP) is 5.62. The van der Waals surface area contributed by atoms with Crippen LogP contribution in [0.15, 0.2) is 10.5 Å². The van der Waals surface area contributed by atoms with Crippen LogP contribution in [0.4, 0.5) is 23.8 Å². The fourth-order valence-corrected chi connectivity index (χ4v) is 4.10. The van der Waals surface area contributed by atoms with E-state index in [1.165, 1.54) is 6.07 Å². The second kappa shape index (κ2) is 9.09. The van der Waals surface area contributed by atoms with E-state index in [-0.39, 0.29) is 44.3 Å². The van der Waals surface area contributed by atoms with E-state index >= 15 is 0 Å². The molecule has 1 aromatic carbocycles. The summed E-state index contributed by atoms with van der Waals surface area (Å²) >= 11 is 9.00. The molecule has 2 heterocycles. The number of alkyl halides is 2. The van der Waals surface area contributed by atoms with Crippen LogP contribution in [0.5, 0.6) is 5.75 Å². The molecule has 0 N–H and O–H groups in total. The van der Waals surface area contributed by atoms with Crippen LogP contribution in [0.25, 0.3) is 10.9 Å². The van der Waals surface area contributed by atoms with Gasteiger partial charge in [-0.05, 0) is 68.2 Å². The standard InChI is InChI=1S/C20H23BrClF3N4O3/c1-9-8-29(19(30)32-20(3,4)5)10(2)7-28(9)16-11-6-12(31-18(24)25)13(21)14(23)15(11)26-17(22)27-16/h6,9-10,18H,7-8H2,1-5H3/t9?,10-/m0/s1. The molecule has 1 unspecified atom stereocenters. The SMILES string of the molecule is CC1CN(C(=O)OC(C)(C)C)[C@@H](C)CN1c1nc(Cl)nc2c(F)c(Br)c(OC(F)F)cc12. The van der Waals surface area contributed by atoms with Gasteiger partial charge in [-0.25, -0.2) is 14.2 Å². The number of carbonyl (C=O) groups excluding carboxylic acids is 1. The third-order valence-corrected chi connectivity index (χ3v) is 5.80. The monoisotopic (exact) mass is 538 g/mol. The Balaban J connectivity index is 2.02. The summed E-state index contributed by atoms with van der Waals surface area (Å²) in [4.78, 5) is 24.2. The molecular formula is C20H23BrClF3N4O3. The van der Waals surface area contributed by atoms with Crippen LogP contribution in [0.1, 0.15) is 34.6 Å². The minimum absolute atomic E-state index is 0.136. The summed E-state index contributed by atoms with van der Waals surface area (Å²) in [6.07, 6.45) is -0.440. The highest BCUT2D eigenvalue weighted by molar-refractivity contribution is 9.10. The van der Waals surface area contributed by atoms with E-state index in [4.69, 9.17) is 16.3 Å². The van der Waals surface area contributed by atoms with Crippen LogP contribution in [-0.2, 0) is 4.74 Å². The maximum Gasteiger partial charge on any atom is 0.410 e. The highest BCUT2D eigenvalue weighted by atomic mass is 79.9. The van der Waals surface area contributed by atoms with Crippen molar-refractivity contribution >= 4 is 50.3 Å². The number of rotatable bonds is 3. The van der Waals surface area contributed by atoms with Crippen molar-refractivity contribution in [2.24, 2.45) is 0 Å². The summed E-state index contributed by atoms with van der Waals surface area (Å²) in [5.41, 5.74) is -0.776. The second-order valence-corrected chi connectivity index (χ2v) is 9.71. The molecule has 0 bridgehead atoms. The Hall–Kier alpha value is -2.01. The summed E-state index contributed by atoms with van der Waals surface area (Å²) in [5.74, 6) is -1.02. The zero-order valence-electron chi connectivity index (χ0n) is 18.1. The summed E-state index contributed by atoms with van der Waals surface area (Å²) in [5, 5.41) is -0.0363. The van der Waals surface area contributed by atoms with Gasteiger partial charge in [0.15, 0.2) is 5.82 Å². The summed E-state index contributed by atoms with van der Waals surface area (Å²) in [6.45, 7) is 6.55. The number of piperazine rings is 1. The molecule has 0 aliphatic carbocycles. The number of benzene rings is 1. The van der Waals surface area contributed by atoms with Crippen LogP contribution >= 0.6 is 27.5 Å². The van der Waals surface area contributed by atoms with Crippen molar-refractivity contribution in [3.8, 4) is 5.75 Å². The molecule has 3 rings (SSSR count). The fourth-order valence-electron chi connectivity index (χ4n) is 3.54. The van der Waals surface area contributed by atoms with E-state index in [0.29, 0.717) is 13.1 Å². The smallest absolute Gasteiger partial charge is 0.410 e. The lowest BCUT2D eigenvalue weighted by Crippen LogP contribution is -2.59. The van der Waals surface area contributed by atoms with E-state index in [1.54, 1.807) is 25.7 Å². The lowest BCUT2D eigenvalue weighted by atomic mass is 10.1. The number of fused-ring (bicyclic) bond motifs is 1. The van der Waals surface area contributed by atoms with Gasteiger partial charge in [-0.3, -0.25) is 0 Å². The Labute approximate surface area is 197 Å². The summed E-state index contributed by atoms with van der Waals surface area (Å²) in [6, 6.07) is 0.707. The molecule has 0 radical (unpaired) electrons. The number of amides is 1. The van der Waals surface area contributed by atoms with Gasteiger partial charge in [0.25, 0.3) is 0 Å². The van der Waals surface area contributed by atoms with E-state index in [0.717, 1.165) is 0 Å². The largest absolute Gasteiger partial charge is 0.444 e. The molecule has 7 nitrogen and oxygen atoms in total. The van der Waals surface area contributed by atoms with E-state index in [9.17, 15) is 18.0 Å². The highest BCUT2D eigenvalue weighted by Crippen LogP contribution is 2.39. The predicted molar refractivity (Wildman–Crippen MR) is 118 cm³/mol. The number of nitrogens with zero attached hydrogens (tertiary/aromatic N) is 4. The van der Waals surface area contributed by atoms with Crippen LogP contribution in [0.2, 0.25) is 5.28 Å². The molecule has 1 amide bonds. The van der Waals surface area contributed by atoms with E-state index in [1.807, 2.05) is 18.7 Å². The van der Waals surface area contributed by atoms with Gasteiger partial charge in [0.2, 0.25) is 5.28 Å². The van der Waals surface area contributed by atoms with Crippen molar-refractivity contribution < 1.29 is 27.4 Å². The van der Waals surface area contributed by atoms with E-state index in [2.05, 4.69) is 30.6 Å². The Kier molecular flexibility index (Phi) is 6.99. The average molecular weight is 540 g/mol. The molecule has 1 saturated heterocycles. The molecule has 1 aromatic heterocycles. The zero-order chi connectivity index (χ0) is 24.0. The third kappa shape index (κ3) is 5.14. The number of hydrogen-bond donors (Lipinski definition) is 0. The molecule has 176 valence electrons. The molecule has 1 fully saturated rings. The van der Waals surface area contributed by atoms with Crippen molar-refractivity contribution in [2.45, 2.75) is 58.9 Å². The van der Waals surface area contributed by atoms with Gasteiger partial charge >= 0.3 is 12.7 Å². The molecule has 0 spiro atoms. The van der Waals surface area contributed by atoms with Gasteiger partial charge in [0, 0.05) is 30.6 Å². The first-order valence-electron chi connectivity index (χ1n) is 9.84. The molecule has 32 heavy (non-hydrogen) atoms. The first kappa shape index (κ1) is 24.6. The van der Waals surface area contributed by atoms with Gasteiger partial charge in [0.1, 0.15) is 22.7 Å². The number of carbonyl (C=O) groups is 1. The van der Waals surface area contributed by atoms with Crippen molar-refractivity contribution in [2.75, 3.05) is 18.0 Å². The Morgan fingerprint density at radius 2 is 1.91 bits per heavy atom. The molecule has 12 heteroatoms. The first-order chi connectivity index (χ1) is 14.8. The number of hydrogen-bond acceptors (Lipinski definition) is 6. The summed E-state index contributed by atoms with van der Waals surface area (Å²) < 4.78 is 50.2. The van der Waals surface area contributed by atoms with Crippen LogP contribution in [0, 0.1) is 5.82 Å². The number of ether oxygens (including phenoxy) is 2. The van der Waals surface area contributed by atoms with Crippen LogP contribution in [-0.4, -0.2) is 58.3 Å². The molecule has 1 aliphatic rings. The fraction of sp³-hybridized carbons (Fsp3) is 0.550. The normalized spacial score (nSPS) is 19.6. The Morgan fingerprint density at radius 1 is 1.25 bits per heavy atom. The van der Waals surface area contributed by atoms with Gasteiger partial charge in [-0.15, -0.1) is 0 Å². The van der Waals surface area contributed by atoms with Crippen molar-refractivity contribution in [3.63, 3.8) is 0 Å². The minimum atomic E-state index is -3.14.